The topological polar surface area (TPSA) is 66.4 Å². The second kappa shape index (κ2) is 6.01. The van der Waals surface area contributed by atoms with Gasteiger partial charge in [-0.05, 0) is 42.0 Å². The van der Waals surface area contributed by atoms with E-state index in [1.54, 1.807) is 24.3 Å². The molecule has 0 amide bonds. The van der Waals surface area contributed by atoms with Crippen molar-refractivity contribution in [2.45, 2.75) is 11.4 Å². The molecule has 2 aromatic rings. The van der Waals surface area contributed by atoms with Crippen molar-refractivity contribution >= 4 is 39.0 Å². The molecule has 0 heterocycles. The summed E-state index contributed by atoms with van der Waals surface area (Å²) in [6, 6.07) is 11.0. The molecule has 0 spiro atoms. The SMILES string of the molecule is O=S(=O)(O)c1ccc(NCc2ccc(Cl)cc2Cl)cc1. The Bertz CT molecular complexity index is 715. The number of hydrogen-bond acceptors (Lipinski definition) is 3. The summed E-state index contributed by atoms with van der Waals surface area (Å²) in [5.41, 5.74) is 1.58. The zero-order valence-corrected chi connectivity index (χ0v) is 12.5. The standard InChI is InChI=1S/C13H11Cl2NO3S/c14-10-2-1-9(13(15)7-10)8-16-11-3-5-12(6-4-11)20(17,18)19/h1-7,16H,8H2,(H,17,18,19). The lowest BCUT2D eigenvalue weighted by molar-refractivity contribution is 0.483. The molecule has 2 N–H and O–H groups in total. The molecule has 0 fully saturated rings. The van der Waals surface area contributed by atoms with E-state index in [0.29, 0.717) is 22.3 Å². The average Bonchev–Trinajstić information content (AvgIpc) is 2.37. The van der Waals surface area contributed by atoms with Gasteiger partial charge < -0.3 is 5.32 Å². The van der Waals surface area contributed by atoms with Gasteiger partial charge in [-0.15, -0.1) is 0 Å². The van der Waals surface area contributed by atoms with Crippen LogP contribution in [0.25, 0.3) is 0 Å². The molecule has 0 aliphatic rings. The second-order valence-electron chi connectivity index (χ2n) is 4.09. The number of anilines is 1. The van der Waals surface area contributed by atoms with Crippen LogP contribution in [0.15, 0.2) is 47.4 Å². The van der Waals surface area contributed by atoms with E-state index in [2.05, 4.69) is 5.32 Å². The van der Waals surface area contributed by atoms with Crippen LogP contribution in [-0.2, 0) is 16.7 Å². The van der Waals surface area contributed by atoms with Gasteiger partial charge in [0.15, 0.2) is 0 Å². The first-order chi connectivity index (χ1) is 9.36. The Morgan fingerprint density at radius 3 is 2.25 bits per heavy atom. The molecular formula is C13H11Cl2NO3S. The van der Waals surface area contributed by atoms with Gasteiger partial charge in [0.2, 0.25) is 0 Å². The summed E-state index contributed by atoms with van der Waals surface area (Å²) in [5, 5.41) is 4.22. The molecular weight excluding hydrogens is 321 g/mol. The van der Waals surface area contributed by atoms with Gasteiger partial charge in [-0.3, -0.25) is 4.55 Å². The summed E-state index contributed by atoms with van der Waals surface area (Å²) in [5.74, 6) is 0. The molecule has 106 valence electrons. The van der Waals surface area contributed by atoms with E-state index >= 15 is 0 Å². The van der Waals surface area contributed by atoms with E-state index in [0.717, 1.165) is 5.56 Å². The van der Waals surface area contributed by atoms with Crippen LogP contribution in [0.3, 0.4) is 0 Å². The summed E-state index contributed by atoms with van der Waals surface area (Å²) in [7, 11) is -4.16. The average molecular weight is 332 g/mol. The van der Waals surface area contributed by atoms with Crippen molar-refractivity contribution in [3.8, 4) is 0 Å². The van der Waals surface area contributed by atoms with Crippen molar-refractivity contribution in [3.05, 3.63) is 58.1 Å². The second-order valence-corrected chi connectivity index (χ2v) is 6.35. The van der Waals surface area contributed by atoms with E-state index in [1.165, 1.54) is 12.1 Å². The van der Waals surface area contributed by atoms with Gasteiger partial charge >= 0.3 is 0 Å². The summed E-state index contributed by atoms with van der Waals surface area (Å²) < 4.78 is 30.7. The minimum Gasteiger partial charge on any atom is -0.381 e. The van der Waals surface area contributed by atoms with Crippen LogP contribution in [0.5, 0.6) is 0 Å². The summed E-state index contributed by atoms with van der Waals surface area (Å²) in [6.07, 6.45) is 0. The molecule has 0 aliphatic carbocycles. The Kier molecular flexibility index (Phi) is 4.55. The Labute approximate surface area is 127 Å². The van der Waals surface area contributed by atoms with Gasteiger partial charge in [-0.25, -0.2) is 0 Å². The zero-order chi connectivity index (χ0) is 14.8. The lowest BCUT2D eigenvalue weighted by atomic mass is 10.2. The highest BCUT2D eigenvalue weighted by atomic mass is 35.5. The third-order valence-corrected chi connectivity index (χ3v) is 4.11. The first kappa shape index (κ1) is 15.1. The Hall–Kier alpha value is -1.27. The smallest absolute Gasteiger partial charge is 0.294 e. The van der Waals surface area contributed by atoms with Gasteiger partial charge in [0, 0.05) is 22.3 Å². The van der Waals surface area contributed by atoms with Crippen LogP contribution in [0, 0.1) is 0 Å². The first-order valence-electron chi connectivity index (χ1n) is 5.61. The van der Waals surface area contributed by atoms with Gasteiger partial charge in [0.1, 0.15) is 0 Å². The van der Waals surface area contributed by atoms with Crippen LogP contribution in [0.1, 0.15) is 5.56 Å². The minimum absolute atomic E-state index is 0.146. The fourth-order valence-corrected chi connectivity index (χ4v) is 2.56. The van der Waals surface area contributed by atoms with E-state index in [9.17, 15) is 8.42 Å². The fraction of sp³-hybridized carbons (Fsp3) is 0.0769. The molecule has 2 aromatic carbocycles. The van der Waals surface area contributed by atoms with E-state index < -0.39 is 10.1 Å². The van der Waals surface area contributed by atoms with Crippen molar-refractivity contribution < 1.29 is 13.0 Å². The van der Waals surface area contributed by atoms with Gasteiger partial charge in [-0.2, -0.15) is 8.42 Å². The van der Waals surface area contributed by atoms with Crippen LogP contribution < -0.4 is 5.32 Å². The van der Waals surface area contributed by atoms with E-state index in [4.69, 9.17) is 27.8 Å². The van der Waals surface area contributed by atoms with Crippen LogP contribution in [0.4, 0.5) is 5.69 Å². The summed E-state index contributed by atoms with van der Waals surface area (Å²) in [4.78, 5) is -0.146. The van der Waals surface area contributed by atoms with Crippen LogP contribution in [-0.4, -0.2) is 13.0 Å². The van der Waals surface area contributed by atoms with Crippen molar-refractivity contribution in [1.29, 1.82) is 0 Å². The lowest BCUT2D eigenvalue weighted by Gasteiger charge is -2.08. The summed E-state index contributed by atoms with van der Waals surface area (Å²) >= 11 is 11.9. The molecule has 0 atom stereocenters. The monoisotopic (exact) mass is 331 g/mol. The van der Waals surface area contributed by atoms with Gasteiger partial charge in [-0.1, -0.05) is 29.3 Å². The van der Waals surface area contributed by atoms with E-state index in [-0.39, 0.29) is 4.90 Å². The Balaban J connectivity index is 2.08. The number of hydrogen-bond donors (Lipinski definition) is 2. The molecule has 0 aromatic heterocycles. The molecule has 20 heavy (non-hydrogen) atoms. The maximum atomic E-state index is 10.9. The van der Waals surface area contributed by atoms with Crippen molar-refractivity contribution in [2.24, 2.45) is 0 Å². The molecule has 2 rings (SSSR count). The quantitative estimate of drug-likeness (QED) is 0.835. The summed E-state index contributed by atoms with van der Waals surface area (Å²) in [6.45, 7) is 0.473. The Morgan fingerprint density at radius 1 is 1.05 bits per heavy atom. The molecule has 7 heteroatoms. The fourth-order valence-electron chi connectivity index (χ4n) is 1.61. The van der Waals surface area contributed by atoms with Gasteiger partial charge in [0.25, 0.3) is 10.1 Å². The number of nitrogens with one attached hydrogen (secondary N) is 1. The third-order valence-electron chi connectivity index (χ3n) is 2.65. The molecule has 0 saturated heterocycles. The molecule has 0 saturated carbocycles. The van der Waals surface area contributed by atoms with Crippen LogP contribution in [0.2, 0.25) is 10.0 Å². The van der Waals surface area contributed by atoms with Crippen LogP contribution >= 0.6 is 23.2 Å². The number of rotatable bonds is 4. The van der Waals surface area contributed by atoms with Gasteiger partial charge in [0.05, 0.1) is 4.90 Å². The molecule has 0 aliphatic heterocycles. The highest BCUT2D eigenvalue weighted by Gasteiger charge is 2.08. The lowest BCUT2D eigenvalue weighted by Crippen LogP contribution is -2.01. The minimum atomic E-state index is -4.16. The third kappa shape index (κ3) is 3.86. The molecule has 4 nitrogen and oxygen atoms in total. The molecule has 0 unspecified atom stereocenters. The maximum absolute atomic E-state index is 10.9. The predicted molar refractivity (Wildman–Crippen MR) is 80.0 cm³/mol. The number of benzene rings is 2. The normalized spacial score (nSPS) is 11.3. The largest absolute Gasteiger partial charge is 0.381 e. The first-order valence-corrected chi connectivity index (χ1v) is 7.81. The highest BCUT2D eigenvalue weighted by Crippen LogP contribution is 2.22. The maximum Gasteiger partial charge on any atom is 0.294 e. The zero-order valence-electron chi connectivity index (χ0n) is 10.2. The molecule has 0 bridgehead atoms. The number of halogens is 2. The van der Waals surface area contributed by atoms with E-state index in [1.807, 2.05) is 6.07 Å². The van der Waals surface area contributed by atoms with Crippen molar-refractivity contribution in [1.82, 2.24) is 0 Å². The highest BCUT2D eigenvalue weighted by molar-refractivity contribution is 7.85. The van der Waals surface area contributed by atoms with Crippen molar-refractivity contribution in [3.63, 3.8) is 0 Å². The van der Waals surface area contributed by atoms with Crippen molar-refractivity contribution in [2.75, 3.05) is 5.32 Å². The Morgan fingerprint density at radius 2 is 1.70 bits per heavy atom. The predicted octanol–water partition coefficient (Wildman–Crippen LogP) is 3.85. The molecule has 0 radical (unpaired) electrons.